The summed E-state index contributed by atoms with van der Waals surface area (Å²) in [6.07, 6.45) is 6.41. The van der Waals surface area contributed by atoms with Crippen LogP contribution < -0.4 is 10.6 Å². The third-order valence-corrected chi connectivity index (χ3v) is 3.49. The molecule has 1 aromatic rings. The van der Waals surface area contributed by atoms with E-state index in [2.05, 4.69) is 22.5 Å². The van der Waals surface area contributed by atoms with Crippen LogP contribution in [0.15, 0.2) is 18.5 Å². The van der Waals surface area contributed by atoms with E-state index in [1.165, 1.54) is 0 Å². The SMILES string of the molecule is CCCNc1ccncc1C(=O)NCCC1CCOC1. The highest BCUT2D eigenvalue weighted by atomic mass is 16.5. The number of aromatic nitrogens is 1. The lowest BCUT2D eigenvalue weighted by Crippen LogP contribution is -2.27. The van der Waals surface area contributed by atoms with Crippen molar-refractivity contribution in [2.45, 2.75) is 26.2 Å². The number of carbonyl (C=O) groups is 1. The molecule has 0 spiro atoms. The third kappa shape index (κ3) is 4.20. The standard InChI is InChI=1S/C15H23N3O2/c1-2-6-17-14-4-7-16-10-13(14)15(19)18-8-3-12-5-9-20-11-12/h4,7,10,12H,2-3,5-6,8-9,11H2,1H3,(H,16,17)(H,18,19). The summed E-state index contributed by atoms with van der Waals surface area (Å²) in [5.41, 5.74) is 1.46. The zero-order valence-corrected chi connectivity index (χ0v) is 12.0. The highest BCUT2D eigenvalue weighted by molar-refractivity contribution is 5.99. The van der Waals surface area contributed by atoms with Crippen LogP contribution in [-0.4, -0.2) is 37.2 Å². The molecular formula is C15H23N3O2. The van der Waals surface area contributed by atoms with Gasteiger partial charge in [0, 0.05) is 38.7 Å². The van der Waals surface area contributed by atoms with Gasteiger partial charge in [0.2, 0.25) is 0 Å². The summed E-state index contributed by atoms with van der Waals surface area (Å²) in [5, 5.41) is 6.22. The van der Waals surface area contributed by atoms with E-state index in [1.54, 1.807) is 12.4 Å². The van der Waals surface area contributed by atoms with E-state index in [9.17, 15) is 4.79 Å². The van der Waals surface area contributed by atoms with Crippen molar-refractivity contribution >= 4 is 11.6 Å². The maximum Gasteiger partial charge on any atom is 0.254 e. The number of rotatable bonds is 7. The highest BCUT2D eigenvalue weighted by Gasteiger charge is 2.16. The van der Waals surface area contributed by atoms with Gasteiger partial charge in [0.25, 0.3) is 5.91 Å². The molecule has 2 rings (SSSR count). The molecule has 1 fully saturated rings. The molecule has 1 saturated heterocycles. The smallest absolute Gasteiger partial charge is 0.254 e. The Bertz CT molecular complexity index is 431. The Hall–Kier alpha value is -1.62. The van der Waals surface area contributed by atoms with Crippen molar-refractivity contribution in [1.82, 2.24) is 10.3 Å². The molecule has 2 heterocycles. The molecule has 0 radical (unpaired) electrons. The number of anilines is 1. The van der Waals surface area contributed by atoms with Crippen LogP contribution >= 0.6 is 0 Å². The highest BCUT2D eigenvalue weighted by Crippen LogP contribution is 2.16. The Morgan fingerprint density at radius 2 is 2.40 bits per heavy atom. The first kappa shape index (κ1) is 14.8. The van der Waals surface area contributed by atoms with Crippen molar-refractivity contribution in [3.05, 3.63) is 24.0 Å². The van der Waals surface area contributed by atoms with Gasteiger partial charge in [-0.1, -0.05) is 6.92 Å². The predicted molar refractivity (Wildman–Crippen MR) is 78.9 cm³/mol. The summed E-state index contributed by atoms with van der Waals surface area (Å²) in [7, 11) is 0. The molecule has 110 valence electrons. The van der Waals surface area contributed by atoms with Crippen LogP contribution in [0.3, 0.4) is 0 Å². The molecule has 5 heteroatoms. The number of nitrogens with one attached hydrogen (secondary N) is 2. The van der Waals surface area contributed by atoms with Crippen molar-refractivity contribution in [3.63, 3.8) is 0 Å². The fourth-order valence-electron chi connectivity index (χ4n) is 2.29. The Labute approximate surface area is 120 Å². The molecule has 1 amide bonds. The Balaban J connectivity index is 1.84. The van der Waals surface area contributed by atoms with Gasteiger partial charge < -0.3 is 15.4 Å². The van der Waals surface area contributed by atoms with Crippen LogP contribution in [0.1, 0.15) is 36.5 Å². The number of hydrogen-bond donors (Lipinski definition) is 2. The van der Waals surface area contributed by atoms with Crippen LogP contribution in [0.4, 0.5) is 5.69 Å². The molecule has 1 aliphatic rings. The average molecular weight is 277 g/mol. The summed E-state index contributed by atoms with van der Waals surface area (Å²) in [6.45, 7) is 5.31. The van der Waals surface area contributed by atoms with Gasteiger partial charge in [0.05, 0.1) is 11.3 Å². The fraction of sp³-hybridized carbons (Fsp3) is 0.600. The van der Waals surface area contributed by atoms with Gasteiger partial charge in [-0.25, -0.2) is 0 Å². The number of amides is 1. The van der Waals surface area contributed by atoms with Crippen LogP contribution in [-0.2, 0) is 4.74 Å². The molecule has 0 aromatic carbocycles. The second-order valence-corrected chi connectivity index (χ2v) is 5.12. The van der Waals surface area contributed by atoms with Crippen molar-refractivity contribution in [3.8, 4) is 0 Å². The van der Waals surface area contributed by atoms with Gasteiger partial charge in [-0.2, -0.15) is 0 Å². The fourth-order valence-corrected chi connectivity index (χ4v) is 2.29. The molecule has 1 atom stereocenters. The van der Waals surface area contributed by atoms with Crippen LogP contribution in [0.5, 0.6) is 0 Å². The summed E-state index contributed by atoms with van der Waals surface area (Å²) < 4.78 is 5.33. The van der Waals surface area contributed by atoms with E-state index in [1.807, 2.05) is 6.07 Å². The second kappa shape index (κ2) is 7.85. The summed E-state index contributed by atoms with van der Waals surface area (Å²) >= 11 is 0. The maximum atomic E-state index is 12.2. The minimum atomic E-state index is -0.0596. The lowest BCUT2D eigenvalue weighted by atomic mass is 10.1. The van der Waals surface area contributed by atoms with Crippen molar-refractivity contribution < 1.29 is 9.53 Å². The normalized spacial score (nSPS) is 17.9. The monoisotopic (exact) mass is 277 g/mol. The van der Waals surface area contributed by atoms with Gasteiger partial charge in [-0.3, -0.25) is 9.78 Å². The quantitative estimate of drug-likeness (QED) is 0.801. The summed E-state index contributed by atoms with van der Waals surface area (Å²) in [5.74, 6) is 0.525. The van der Waals surface area contributed by atoms with Gasteiger partial charge in [0.15, 0.2) is 0 Å². The largest absolute Gasteiger partial charge is 0.384 e. The summed E-state index contributed by atoms with van der Waals surface area (Å²) in [6, 6.07) is 1.84. The van der Waals surface area contributed by atoms with E-state index < -0.39 is 0 Å². The molecule has 5 nitrogen and oxygen atoms in total. The lowest BCUT2D eigenvalue weighted by molar-refractivity contribution is 0.0951. The average Bonchev–Trinajstić information content (AvgIpc) is 2.98. The second-order valence-electron chi connectivity index (χ2n) is 5.12. The number of hydrogen-bond acceptors (Lipinski definition) is 4. The lowest BCUT2D eigenvalue weighted by Gasteiger charge is -2.12. The summed E-state index contributed by atoms with van der Waals surface area (Å²) in [4.78, 5) is 16.2. The first-order valence-electron chi connectivity index (χ1n) is 7.35. The zero-order valence-electron chi connectivity index (χ0n) is 12.0. The molecule has 1 unspecified atom stereocenters. The van der Waals surface area contributed by atoms with E-state index in [4.69, 9.17) is 4.74 Å². The number of ether oxygens (including phenoxy) is 1. The van der Waals surface area contributed by atoms with E-state index in [0.717, 1.165) is 44.7 Å². The zero-order chi connectivity index (χ0) is 14.2. The molecule has 1 aromatic heterocycles. The number of nitrogens with zero attached hydrogens (tertiary/aromatic N) is 1. The van der Waals surface area contributed by atoms with E-state index >= 15 is 0 Å². The first-order chi connectivity index (χ1) is 9.81. The molecule has 2 N–H and O–H groups in total. The minimum absolute atomic E-state index is 0.0596. The van der Waals surface area contributed by atoms with Gasteiger partial charge in [-0.15, -0.1) is 0 Å². The first-order valence-corrected chi connectivity index (χ1v) is 7.35. The van der Waals surface area contributed by atoms with Crippen LogP contribution in [0.25, 0.3) is 0 Å². The van der Waals surface area contributed by atoms with Crippen LogP contribution in [0.2, 0.25) is 0 Å². The number of carbonyl (C=O) groups excluding carboxylic acids is 1. The Morgan fingerprint density at radius 1 is 1.50 bits per heavy atom. The maximum absolute atomic E-state index is 12.2. The van der Waals surface area contributed by atoms with E-state index in [0.29, 0.717) is 18.0 Å². The predicted octanol–water partition coefficient (Wildman–Crippen LogP) is 2.06. The van der Waals surface area contributed by atoms with Crippen LogP contribution in [0, 0.1) is 5.92 Å². The van der Waals surface area contributed by atoms with Gasteiger partial charge in [-0.05, 0) is 31.2 Å². The third-order valence-electron chi connectivity index (χ3n) is 3.49. The number of pyridine rings is 1. The van der Waals surface area contributed by atoms with Gasteiger partial charge in [0.1, 0.15) is 0 Å². The molecule has 0 saturated carbocycles. The minimum Gasteiger partial charge on any atom is -0.384 e. The van der Waals surface area contributed by atoms with Crippen molar-refractivity contribution in [1.29, 1.82) is 0 Å². The molecule has 1 aliphatic heterocycles. The topological polar surface area (TPSA) is 63.2 Å². The van der Waals surface area contributed by atoms with Crippen molar-refractivity contribution in [2.75, 3.05) is 31.6 Å². The molecular weight excluding hydrogens is 254 g/mol. The Morgan fingerprint density at radius 3 is 3.15 bits per heavy atom. The molecule has 0 aliphatic carbocycles. The van der Waals surface area contributed by atoms with E-state index in [-0.39, 0.29) is 5.91 Å². The Kier molecular flexibility index (Phi) is 5.80. The molecule has 0 bridgehead atoms. The van der Waals surface area contributed by atoms with Crippen molar-refractivity contribution in [2.24, 2.45) is 5.92 Å². The molecule has 20 heavy (non-hydrogen) atoms. The van der Waals surface area contributed by atoms with Gasteiger partial charge >= 0.3 is 0 Å².